The first-order chi connectivity index (χ1) is 7.90. The Hall–Kier alpha value is -1.06. The summed E-state index contributed by atoms with van der Waals surface area (Å²) in [5.74, 6) is -0.968. The van der Waals surface area contributed by atoms with Gasteiger partial charge in [0.1, 0.15) is 6.42 Å². The summed E-state index contributed by atoms with van der Waals surface area (Å²) in [6.45, 7) is 3.43. The van der Waals surface area contributed by atoms with Gasteiger partial charge in [-0.2, -0.15) is 0 Å². The van der Waals surface area contributed by atoms with Crippen LogP contribution >= 0.6 is 23.2 Å². The van der Waals surface area contributed by atoms with Crippen LogP contribution in [-0.2, 0) is 9.53 Å². The number of halogens is 2. The number of esters is 1. The van der Waals surface area contributed by atoms with Crippen molar-refractivity contribution in [1.82, 2.24) is 0 Å². The number of carbonyl (C=O) groups excluding carboxylic acids is 2. The molecule has 0 saturated carbocycles. The predicted octanol–water partition coefficient (Wildman–Crippen LogP) is 3.52. The molecule has 0 saturated heterocycles. The molecule has 0 bridgehead atoms. The summed E-state index contributed by atoms with van der Waals surface area (Å²) < 4.78 is 4.88. The van der Waals surface area contributed by atoms with Gasteiger partial charge in [-0.1, -0.05) is 23.2 Å². The van der Waals surface area contributed by atoms with E-state index in [-0.39, 0.29) is 23.1 Å². The molecule has 0 amide bonds. The van der Waals surface area contributed by atoms with Gasteiger partial charge < -0.3 is 4.74 Å². The highest BCUT2D eigenvalue weighted by Crippen LogP contribution is 2.22. The van der Waals surface area contributed by atoms with Gasteiger partial charge in [-0.25, -0.2) is 0 Å². The maximum Gasteiger partial charge on any atom is 0.313 e. The number of benzene rings is 1. The van der Waals surface area contributed by atoms with Gasteiger partial charge in [-0.3, -0.25) is 9.59 Å². The van der Waals surface area contributed by atoms with Crippen molar-refractivity contribution < 1.29 is 14.3 Å². The van der Waals surface area contributed by atoms with Crippen LogP contribution in [0.5, 0.6) is 0 Å². The standard InChI is InChI=1S/C12H12Cl2O3/c1-7(2)17-12(16)6-11(15)9-5-8(13)3-4-10(9)14/h3-5,7H,6H2,1-2H3. The van der Waals surface area contributed by atoms with Gasteiger partial charge in [0.05, 0.1) is 11.1 Å². The average molecular weight is 275 g/mol. The summed E-state index contributed by atoms with van der Waals surface area (Å²) in [7, 11) is 0. The van der Waals surface area contributed by atoms with Gasteiger partial charge in [-0.05, 0) is 32.0 Å². The zero-order valence-electron chi connectivity index (χ0n) is 9.50. The van der Waals surface area contributed by atoms with E-state index in [0.717, 1.165) is 0 Å². The Bertz CT molecular complexity index is 441. The van der Waals surface area contributed by atoms with E-state index in [1.54, 1.807) is 19.9 Å². The minimum Gasteiger partial charge on any atom is -0.463 e. The van der Waals surface area contributed by atoms with Crippen LogP contribution in [0.15, 0.2) is 18.2 Å². The van der Waals surface area contributed by atoms with E-state index < -0.39 is 11.8 Å². The number of hydrogen-bond acceptors (Lipinski definition) is 3. The van der Waals surface area contributed by atoms with Crippen molar-refractivity contribution in [1.29, 1.82) is 0 Å². The zero-order chi connectivity index (χ0) is 13.0. The molecular weight excluding hydrogens is 263 g/mol. The first kappa shape index (κ1) is 14.0. The fourth-order valence-corrected chi connectivity index (χ4v) is 1.64. The maximum atomic E-state index is 11.8. The van der Waals surface area contributed by atoms with Crippen LogP contribution in [0.4, 0.5) is 0 Å². The molecule has 3 nitrogen and oxygen atoms in total. The molecule has 5 heteroatoms. The molecule has 0 N–H and O–H groups in total. The summed E-state index contributed by atoms with van der Waals surface area (Å²) in [6.07, 6.45) is -0.580. The second-order valence-corrected chi connectivity index (χ2v) is 4.61. The van der Waals surface area contributed by atoms with Crippen molar-refractivity contribution in [2.24, 2.45) is 0 Å². The van der Waals surface area contributed by atoms with E-state index in [4.69, 9.17) is 27.9 Å². The summed E-state index contributed by atoms with van der Waals surface area (Å²) in [4.78, 5) is 23.1. The summed E-state index contributed by atoms with van der Waals surface area (Å²) in [6, 6.07) is 4.53. The second-order valence-electron chi connectivity index (χ2n) is 3.76. The van der Waals surface area contributed by atoms with Crippen LogP contribution in [0.2, 0.25) is 10.0 Å². The van der Waals surface area contributed by atoms with Gasteiger partial charge in [0, 0.05) is 10.6 Å². The van der Waals surface area contributed by atoms with Gasteiger partial charge in [0.15, 0.2) is 5.78 Å². The molecule has 0 aliphatic carbocycles. The minimum absolute atomic E-state index is 0.236. The van der Waals surface area contributed by atoms with Crippen LogP contribution in [0.25, 0.3) is 0 Å². The molecular formula is C12H12Cl2O3. The van der Waals surface area contributed by atoms with Gasteiger partial charge in [-0.15, -0.1) is 0 Å². The van der Waals surface area contributed by atoms with E-state index in [2.05, 4.69) is 0 Å². The molecule has 17 heavy (non-hydrogen) atoms. The Labute approximate surface area is 110 Å². The summed E-state index contributed by atoms with van der Waals surface area (Å²) in [5, 5.41) is 0.673. The predicted molar refractivity (Wildman–Crippen MR) is 66.6 cm³/mol. The van der Waals surface area contributed by atoms with Crippen molar-refractivity contribution in [2.45, 2.75) is 26.4 Å². The number of ether oxygens (including phenoxy) is 1. The van der Waals surface area contributed by atoms with Crippen molar-refractivity contribution in [3.05, 3.63) is 33.8 Å². The number of rotatable bonds is 4. The minimum atomic E-state index is -0.568. The van der Waals surface area contributed by atoms with Crippen LogP contribution < -0.4 is 0 Å². The van der Waals surface area contributed by atoms with Crippen LogP contribution in [0.1, 0.15) is 30.6 Å². The number of carbonyl (C=O) groups is 2. The van der Waals surface area contributed by atoms with E-state index in [1.807, 2.05) is 0 Å². The van der Waals surface area contributed by atoms with Gasteiger partial charge in [0.2, 0.25) is 0 Å². The highest BCUT2D eigenvalue weighted by Gasteiger charge is 2.16. The van der Waals surface area contributed by atoms with E-state index in [1.165, 1.54) is 12.1 Å². The molecule has 92 valence electrons. The average Bonchev–Trinajstić information content (AvgIpc) is 2.20. The zero-order valence-corrected chi connectivity index (χ0v) is 11.0. The molecule has 0 radical (unpaired) electrons. The van der Waals surface area contributed by atoms with Gasteiger partial charge >= 0.3 is 5.97 Å². The Morgan fingerprint density at radius 1 is 1.29 bits per heavy atom. The molecule has 0 aliphatic rings. The molecule has 0 atom stereocenters. The number of Topliss-reactive ketones (excluding diaryl/α,β-unsaturated/α-hetero) is 1. The second kappa shape index (κ2) is 6.03. The molecule has 0 aromatic heterocycles. The number of hydrogen-bond donors (Lipinski definition) is 0. The third kappa shape index (κ3) is 4.36. The normalized spacial score (nSPS) is 10.4. The SMILES string of the molecule is CC(C)OC(=O)CC(=O)c1cc(Cl)ccc1Cl. The maximum absolute atomic E-state index is 11.8. The lowest BCUT2D eigenvalue weighted by molar-refractivity contribution is -0.146. The summed E-state index contributed by atoms with van der Waals surface area (Å²) in [5.41, 5.74) is 0.236. The van der Waals surface area contributed by atoms with E-state index >= 15 is 0 Å². The monoisotopic (exact) mass is 274 g/mol. The smallest absolute Gasteiger partial charge is 0.313 e. The Morgan fingerprint density at radius 2 is 1.94 bits per heavy atom. The van der Waals surface area contributed by atoms with Crippen molar-refractivity contribution >= 4 is 35.0 Å². The molecule has 1 rings (SSSR count). The first-order valence-corrected chi connectivity index (χ1v) is 5.83. The molecule has 0 fully saturated rings. The largest absolute Gasteiger partial charge is 0.463 e. The fraction of sp³-hybridized carbons (Fsp3) is 0.333. The number of ketones is 1. The van der Waals surface area contributed by atoms with Crippen molar-refractivity contribution in [3.8, 4) is 0 Å². The lowest BCUT2D eigenvalue weighted by Crippen LogP contribution is -2.15. The van der Waals surface area contributed by atoms with Crippen LogP contribution in [-0.4, -0.2) is 17.9 Å². The molecule has 0 spiro atoms. The highest BCUT2D eigenvalue weighted by atomic mass is 35.5. The van der Waals surface area contributed by atoms with E-state index in [9.17, 15) is 9.59 Å². The van der Waals surface area contributed by atoms with Crippen LogP contribution in [0.3, 0.4) is 0 Å². The lowest BCUT2D eigenvalue weighted by atomic mass is 10.1. The van der Waals surface area contributed by atoms with Gasteiger partial charge in [0.25, 0.3) is 0 Å². The first-order valence-electron chi connectivity index (χ1n) is 5.08. The molecule has 0 unspecified atom stereocenters. The fourth-order valence-electron chi connectivity index (χ4n) is 1.24. The van der Waals surface area contributed by atoms with Crippen molar-refractivity contribution in [2.75, 3.05) is 0 Å². The third-order valence-corrected chi connectivity index (χ3v) is 2.47. The van der Waals surface area contributed by atoms with E-state index in [0.29, 0.717) is 5.02 Å². The lowest BCUT2D eigenvalue weighted by Gasteiger charge is -2.08. The Balaban J connectivity index is 2.76. The Morgan fingerprint density at radius 3 is 2.53 bits per heavy atom. The quantitative estimate of drug-likeness (QED) is 0.479. The summed E-state index contributed by atoms with van der Waals surface area (Å²) >= 11 is 11.6. The molecule has 1 aromatic carbocycles. The van der Waals surface area contributed by atoms with Crippen molar-refractivity contribution in [3.63, 3.8) is 0 Å². The molecule has 0 heterocycles. The molecule has 1 aromatic rings. The highest BCUT2D eigenvalue weighted by molar-refractivity contribution is 6.36. The van der Waals surface area contributed by atoms with Crippen LogP contribution in [0, 0.1) is 0 Å². The Kier molecular flexibility index (Phi) is 4.97. The third-order valence-electron chi connectivity index (χ3n) is 1.90. The molecule has 0 aliphatic heterocycles. The topological polar surface area (TPSA) is 43.4 Å².